The van der Waals surface area contributed by atoms with E-state index in [4.69, 9.17) is 0 Å². The van der Waals surface area contributed by atoms with Crippen molar-refractivity contribution in [1.29, 1.82) is 0 Å². The molecule has 0 amide bonds. The zero-order valence-corrected chi connectivity index (χ0v) is 10.3. The fraction of sp³-hybridized carbons (Fsp3) is 0.133. The Morgan fingerprint density at radius 1 is 1.00 bits per heavy atom. The molecule has 0 bridgehead atoms. The van der Waals surface area contributed by atoms with Crippen LogP contribution in [0.4, 0.5) is 8.78 Å². The molecule has 1 aliphatic heterocycles. The molecule has 20 heavy (non-hydrogen) atoms. The summed E-state index contributed by atoms with van der Waals surface area (Å²) in [6.07, 6.45) is -2.31. The average molecular weight is 276 g/mol. The van der Waals surface area contributed by atoms with Crippen LogP contribution in [0.25, 0.3) is 0 Å². The van der Waals surface area contributed by atoms with Crippen molar-refractivity contribution in [2.75, 3.05) is 0 Å². The first kappa shape index (κ1) is 12.6. The molecule has 2 aromatic rings. The monoisotopic (exact) mass is 276 g/mol. The van der Waals surface area contributed by atoms with Crippen LogP contribution in [0.2, 0.25) is 0 Å². The number of carbonyl (C=O) groups excluding carboxylic acids is 1. The van der Waals surface area contributed by atoms with Gasteiger partial charge in [-0.3, -0.25) is 4.79 Å². The van der Waals surface area contributed by atoms with Crippen LogP contribution in [0.1, 0.15) is 21.5 Å². The number of benzene rings is 2. The van der Waals surface area contributed by atoms with E-state index in [2.05, 4.69) is 9.47 Å². The lowest BCUT2D eigenvalue weighted by Gasteiger charge is -2.04. The van der Waals surface area contributed by atoms with Crippen molar-refractivity contribution in [2.24, 2.45) is 0 Å². The Morgan fingerprint density at radius 2 is 1.75 bits per heavy atom. The van der Waals surface area contributed by atoms with E-state index in [-0.39, 0.29) is 11.5 Å². The Balaban J connectivity index is 1.84. The molecular formula is C15H10F2O3. The Morgan fingerprint density at radius 3 is 2.55 bits per heavy atom. The zero-order chi connectivity index (χ0) is 14.2. The van der Waals surface area contributed by atoms with Gasteiger partial charge in [-0.25, -0.2) is 0 Å². The van der Waals surface area contributed by atoms with Crippen molar-refractivity contribution < 1.29 is 23.0 Å². The second-order valence-electron chi connectivity index (χ2n) is 4.49. The number of aldehydes is 1. The fourth-order valence-electron chi connectivity index (χ4n) is 2.12. The van der Waals surface area contributed by atoms with Gasteiger partial charge in [-0.1, -0.05) is 24.3 Å². The maximum Gasteiger partial charge on any atom is 0.586 e. The third kappa shape index (κ3) is 2.47. The zero-order valence-electron chi connectivity index (χ0n) is 10.3. The molecule has 0 spiro atoms. The largest absolute Gasteiger partial charge is 0.586 e. The topological polar surface area (TPSA) is 35.5 Å². The summed E-state index contributed by atoms with van der Waals surface area (Å²) in [6.45, 7) is 0. The second kappa shape index (κ2) is 4.59. The van der Waals surface area contributed by atoms with Crippen LogP contribution >= 0.6 is 0 Å². The first-order valence-corrected chi connectivity index (χ1v) is 5.99. The summed E-state index contributed by atoms with van der Waals surface area (Å²) in [6, 6.07) is 11.8. The summed E-state index contributed by atoms with van der Waals surface area (Å²) in [5.41, 5.74) is 2.29. The summed E-state index contributed by atoms with van der Waals surface area (Å²) in [7, 11) is 0. The number of hydrogen-bond donors (Lipinski definition) is 0. The standard InChI is InChI=1S/C15H10F2O3/c16-15(17)19-13-5-4-11(8-14(13)20-15)6-10-2-1-3-12(7-10)9-18/h1-5,7-9H,6H2. The maximum absolute atomic E-state index is 12.9. The molecule has 5 heteroatoms. The van der Waals surface area contributed by atoms with Crippen molar-refractivity contribution >= 4 is 6.29 Å². The SMILES string of the molecule is O=Cc1cccc(Cc2ccc3c(c2)OC(F)(F)O3)c1. The predicted octanol–water partition coefficient (Wildman–Crippen LogP) is 3.41. The molecule has 0 unspecified atom stereocenters. The quantitative estimate of drug-likeness (QED) is 0.806. The minimum atomic E-state index is -3.60. The van der Waals surface area contributed by atoms with Crippen LogP contribution < -0.4 is 9.47 Å². The molecule has 0 aromatic heterocycles. The first-order chi connectivity index (χ1) is 9.55. The summed E-state index contributed by atoms with van der Waals surface area (Å²) in [5, 5.41) is 0. The van der Waals surface area contributed by atoms with Gasteiger partial charge in [0.25, 0.3) is 0 Å². The lowest BCUT2D eigenvalue weighted by atomic mass is 10.0. The molecule has 0 saturated heterocycles. The number of fused-ring (bicyclic) bond motifs is 1. The molecular weight excluding hydrogens is 266 g/mol. The van der Waals surface area contributed by atoms with Gasteiger partial charge in [0.05, 0.1) is 0 Å². The van der Waals surface area contributed by atoms with Crippen LogP contribution in [0, 0.1) is 0 Å². The van der Waals surface area contributed by atoms with E-state index in [1.165, 1.54) is 12.1 Å². The van der Waals surface area contributed by atoms with Gasteiger partial charge in [0, 0.05) is 5.56 Å². The summed E-state index contributed by atoms with van der Waals surface area (Å²) >= 11 is 0. The average Bonchev–Trinajstić information content (AvgIpc) is 2.72. The smallest absolute Gasteiger partial charge is 0.395 e. The number of rotatable bonds is 3. The molecule has 2 aromatic carbocycles. The molecule has 0 atom stereocenters. The lowest BCUT2D eigenvalue weighted by Crippen LogP contribution is -2.25. The van der Waals surface area contributed by atoms with E-state index < -0.39 is 6.29 Å². The molecule has 0 saturated carbocycles. The summed E-state index contributed by atoms with van der Waals surface area (Å²) < 4.78 is 34.6. The van der Waals surface area contributed by atoms with Crippen LogP contribution in [-0.4, -0.2) is 12.6 Å². The van der Waals surface area contributed by atoms with Crippen LogP contribution in [0.15, 0.2) is 42.5 Å². The van der Waals surface area contributed by atoms with E-state index >= 15 is 0 Å². The highest BCUT2D eigenvalue weighted by molar-refractivity contribution is 5.75. The van der Waals surface area contributed by atoms with Crippen molar-refractivity contribution in [2.45, 2.75) is 12.7 Å². The number of ether oxygens (including phenoxy) is 2. The van der Waals surface area contributed by atoms with Gasteiger partial charge >= 0.3 is 6.29 Å². The molecule has 3 nitrogen and oxygen atoms in total. The second-order valence-corrected chi connectivity index (χ2v) is 4.49. The third-order valence-electron chi connectivity index (χ3n) is 2.96. The minimum Gasteiger partial charge on any atom is -0.395 e. The first-order valence-electron chi connectivity index (χ1n) is 5.99. The molecule has 1 heterocycles. The summed E-state index contributed by atoms with van der Waals surface area (Å²) in [5.74, 6) is 0.0550. The Hall–Kier alpha value is -2.43. The predicted molar refractivity (Wildman–Crippen MR) is 67.3 cm³/mol. The fourth-order valence-corrected chi connectivity index (χ4v) is 2.12. The third-order valence-corrected chi connectivity index (χ3v) is 2.96. The molecule has 0 N–H and O–H groups in total. The van der Waals surface area contributed by atoms with E-state index in [9.17, 15) is 13.6 Å². The normalized spacial score (nSPS) is 15.1. The van der Waals surface area contributed by atoms with Crippen molar-refractivity contribution in [3.8, 4) is 11.5 Å². The van der Waals surface area contributed by atoms with Gasteiger partial charge < -0.3 is 9.47 Å². The highest BCUT2D eigenvalue weighted by Crippen LogP contribution is 2.41. The van der Waals surface area contributed by atoms with Gasteiger partial charge in [-0.15, -0.1) is 8.78 Å². The molecule has 0 radical (unpaired) electrons. The maximum atomic E-state index is 12.9. The van der Waals surface area contributed by atoms with Gasteiger partial charge in [-0.05, 0) is 35.7 Å². The molecule has 1 aliphatic rings. The molecule has 0 fully saturated rings. The number of halogens is 2. The van der Waals surface area contributed by atoms with Crippen molar-refractivity contribution in [3.63, 3.8) is 0 Å². The van der Waals surface area contributed by atoms with E-state index in [0.717, 1.165) is 17.4 Å². The highest BCUT2D eigenvalue weighted by Gasteiger charge is 2.43. The molecule has 102 valence electrons. The van der Waals surface area contributed by atoms with Gasteiger partial charge in [0.15, 0.2) is 11.5 Å². The Bertz CT molecular complexity index is 668. The number of alkyl halides is 2. The number of carbonyl (C=O) groups is 1. The molecule has 0 aliphatic carbocycles. The highest BCUT2D eigenvalue weighted by atomic mass is 19.3. The summed E-state index contributed by atoms with van der Waals surface area (Å²) in [4.78, 5) is 10.7. The van der Waals surface area contributed by atoms with Gasteiger partial charge in [-0.2, -0.15) is 0 Å². The van der Waals surface area contributed by atoms with Crippen LogP contribution in [-0.2, 0) is 6.42 Å². The Kier molecular flexibility index (Phi) is 2.89. The van der Waals surface area contributed by atoms with Crippen molar-refractivity contribution in [1.82, 2.24) is 0 Å². The van der Waals surface area contributed by atoms with Gasteiger partial charge in [0.1, 0.15) is 6.29 Å². The van der Waals surface area contributed by atoms with E-state index in [1.807, 2.05) is 6.07 Å². The lowest BCUT2D eigenvalue weighted by molar-refractivity contribution is -0.286. The van der Waals surface area contributed by atoms with E-state index in [0.29, 0.717) is 12.0 Å². The molecule has 3 rings (SSSR count). The minimum absolute atomic E-state index is 0.0269. The number of hydrogen-bond acceptors (Lipinski definition) is 3. The van der Waals surface area contributed by atoms with E-state index in [1.54, 1.807) is 24.3 Å². The van der Waals surface area contributed by atoms with Gasteiger partial charge in [0.2, 0.25) is 0 Å². The van der Waals surface area contributed by atoms with Crippen LogP contribution in [0.3, 0.4) is 0 Å². The van der Waals surface area contributed by atoms with Crippen molar-refractivity contribution in [3.05, 3.63) is 59.2 Å². The Labute approximate surface area is 113 Å². The van der Waals surface area contributed by atoms with Crippen LogP contribution in [0.5, 0.6) is 11.5 Å².